The summed E-state index contributed by atoms with van der Waals surface area (Å²) in [6, 6.07) is 16.2. The molecule has 3 aromatic rings. The summed E-state index contributed by atoms with van der Waals surface area (Å²) in [6.07, 6.45) is 10.4. The van der Waals surface area contributed by atoms with Gasteiger partial charge in [0.15, 0.2) is 5.82 Å². The molecule has 0 saturated heterocycles. The van der Waals surface area contributed by atoms with Crippen LogP contribution in [0.25, 0.3) is 22.5 Å². The van der Waals surface area contributed by atoms with Gasteiger partial charge in [-0.25, -0.2) is 14.4 Å². The maximum atomic E-state index is 13.6. The number of rotatable bonds is 12. The highest BCUT2D eigenvalue weighted by Crippen LogP contribution is 2.24. The standard InChI is InChI=1S/C27H33FN2O/c1-3-5-6-7-9-21-10-12-23(13-11-21)27-29-18-24(19-30-27)22-14-16-26(17-15-22)31-20-25(28)8-4-2/h10-19,25H,3-9,20H2,1-2H3. The molecule has 0 aliphatic carbocycles. The summed E-state index contributed by atoms with van der Waals surface area (Å²) in [5, 5.41) is 0. The van der Waals surface area contributed by atoms with Crippen LogP contribution in [0.2, 0.25) is 0 Å². The highest BCUT2D eigenvalue weighted by molar-refractivity contribution is 5.64. The second kappa shape index (κ2) is 12.2. The fourth-order valence-corrected chi connectivity index (χ4v) is 3.53. The number of unbranched alkanes of at least 4 members (excludes halogenated alkanes) is 3. The maximum absolute atomic E-state index is 13.6. The number of alkyl halides is 1. The van der Waals surface area contributed by atoms with Gasteiger partial charge in [0.1, 0.15) is 18.5 Å². The zero-order chi connectivity index (χ0) is 21.9. The second-order valence-electron chi connectivity index (χ2n) is 8.02. The summed E-state index contributed by atoms with van der Waals surface area (Å²) in [5.41, 5.74) is 4.34. The number of nitrogens with zero attached hydrogens (tertiary/aromatic N) is 2. The van der Waals surface area contributed by atoms with E-state index in [1.54, 1.807) is 0 Å². The lowest BCUT2D eigenvalue weighted by Crippen LogP contribution is -2.12. The number of hydrogen-bond acceptors (Lipinski definition) is 3. The predicted molar refractivity (Wildman–Crippen MR) is 126 cm³/mol. The molecule has 0 aliphatic rings. The van der Waals surface area contributed by atoms with Crippen molar-refractivity contribution in [2.45, 2.75) is 65.0 Å². The molecule has 0 bridgehead atoms. The third kappa shape index (κ3) is 7.16. The lowest BCUT2D eigenvalue weighted by molar-refractivity contribution is 0.186. The van der Waals surface area contributed by atoms with Crippen molar-refractivity contribution >= 4 is 0 Å². The van der Waals surface area contributed by atoms with Gasteiger partial charge in [-0.2, -0.15) is 0 Å². The molecule has 1 unspecified atom stereocenters. The van der Waals surface area contributed by atoms with Crippen molar-refractivity contribution in [3.63, 3.8) is 0 Å². The quantitative estimate of drug-likeness (QED) is 0.285. The number of aromatic nitrogens is 2. The van der Waals surface area contributed by atoms with E-state index in [1.807, 2.05) is 43.6 Å². The third-order valence-corrected chi connectivity index (χ3v) is 5.40. The van der Waals surface area contributed by atoms with Crippen LogP contribution in [0.4, 0.5) is 4.39 Å². The highest BCUT2D eigenvalue weighted by atomic mass is 19.1. The summed E-state index contributed by atoms with van der Waals surface area (Å²) >= 11 is 0. The third-order valence-electron chi connectivity index (χ3n) is 5.40. The summed E-state index contributed by atoms with van der Waals surface area (Å²) < 4.78 is 19.1. The topological polar surface area (TPSA) is 35.0 Å². The minimum absolute atomic E-state index is 0.0997. The van der Waals surface area contributed by atoms with E-state index < -0.39 is 6.17 Å². The van der Waals surface area contributed by atoms with Gasteiger partial charge in [0.05, 0.1) is 0 Å². The first kappa shape index (κ1) is 22.9. The van der Waals surface area contributed by atoms with Crippen LogP contribution < -0.4 is 4.74 Å². The van der Waals surface area contributed by atoms with Crippen molar-refractivity contribution in [2.24, 2.45) is 0 Å². The normalized spacial score (nSPS) is 12.0. The van der Waals surface area contributed by atoms with E-state index in [0.717, 1.165) is 35.4 Å². The molecule has 0 aliphatic heterocycles. The SMILES string of the molecule is CCCCCCc1ccc(-c2ncc(-c3ccc(OCC(F)CCC)cc3)cn2)cc1. The van der Waals surface area contributed by atoms with Crippen LogP contribution in [0.5, 0.6) is 5.75 Å². The Hall–Kier alpha value is -2.75. The first-order valence-corrected chi connectivity index (χ1v) is 11.5. The van der Waals surface area contributed by atoms with Gasteiger partial charge < -0.3 is 4.74 Å². The van der Waals surface area contributed by atoms with Gasteiger partial charge in [-0.1, -0.05) is 75.9 Å². The largest absolute Gasteiger partial charge is 0.491 e. The molecule has 1 atom stereocenters. The molecule has 0 saturated carbocycles. The number of halogens is 1. The highest BCUT2D eigenvalue weighted by Gasteiger charge is 2.07. The zero-order valence-electron chi connectivity index (χ0n) is 18.7. The van der Waals surface area contributed by atoms with Crippen molar-refractivity contribution in [1.82, 2.24) is 9.97 Å². The molecule has 0 N–H and O–H groups in total. The molecule has 4 heteroatoms. The van der Waals surface area contributed by atoms with Gasteiger partial charge in [-0.3, -0.25) is 0 Å². The van der Waals surface area contributed by atoms with E-state index in [-0.39, 0.29) is 6.61 Å². The minimum atomic E-state index is -0.916. The fourth-order valence-electron chi connectivity index (χ4n) is 3.53. The molecule has 0 spiro atoms. The Morgan fingerprint density at radius 3 is 2.10 bits per heavy atom. The van der Waals surface area contributed by atoms with Crippen LogP contribution in [-0.2, 0) is 6.42 Å². The number of ether oxygens (including phenoxy) is 1. The number of hydrogen-bond donors (Lipinski definition) is 0. The second-order valence-corrected chi connectivity index (χ2v) is 8.02. The Labute approximate surface area is 185 Å². The van der Waals surface area contributed by atoms with Gasteiger partial charge in [-0.05, 0) is 42.5 Å². The Bertz CT molecular complexity index is 892. The van der Waals surface area contributed by atoms with E-state index in [4.69, 9.17) is 4.74 Å². The van der Waals surface area contributed by atoms with E-state index in [2.05, 4.69) is 41.2 Å². The van der Waals surface area contributed by atoms with E-state index in [0.29, 0.717) is 12.2 Å². The van der Waals surface area contributed by atoms with Gasteiger partial charge >= 0.3 is 0 Å². The smallest absolute Gasteiger partial charge is 0.159 e. The lowest BCUT2D eigenvalue weighted by Gasteiger charge is -2.10. The molecule has 0 amide bonds. The first-order valence-electron chi connectivity index (χ1n) is 11.5. The number of aryl methyl sites for hydroxylation is 1. The summed E-state index contributed by atoms with van der Waals surface area (Å²) in [5.74, 6) is 1.40. The van der Waals surface area contributed by atoms with Crippen LogP contribution in [0.1, 0.15) is 57.9 Å². The molecule has 0 fully saturated rings. The van der Waals surface area contributed by atoms with Crippen molar-refractivity contribution in [3.8, 4) is 28.3 Å². The van der Waals surface area contributed by atoms with Crippen molar-refractivity contribution in [1.29, 1.82) is 0 Å². The molecule has 31 heavy (non-hydrogen) atoms. The molecule has 164 valence electrons. The molecule has 1 heterocycles. The van der Waals surface area contributed by atoms with Crippen LogP contribution in [0, 0.1) is 0 Å². The van der Waals surface area contributed by atoms with Crippen LogP contribution in [0.15, 0.2) is 60.9 Å². The molecule has 0 radical (unpaired) electrons. The average molecular weight is 421 g/mol. The van der Waals surface area contributed by atoms with Gasteiger partial charge in [0.2, 0.25) is 0 Å². The minimum Gasteiger partial charge on any atom is -0.491 e. The fraction of sp³-hybridized carbons (Fsp3) is 0.407. The Morgan fingerprint density at radius 1 is 0.774 bits per heavy atom. The Morgan fingerprint density at radius 2 is 1.45 bits per heavy atom. The molecule has 3 nitrogen and oxygen atoms in total. The van der Waals surface area contributed by atoms with Crippen LogP contribution in [0.3, 0.4) is 0 Å². The molecular formula is C27H33FN2O. The van der Waals surface area contributed by atoms with Crippen LogP contribution in [-0.4, -0.2) is 22.7 Å². The van der Waals surface area contributed by atoms with Crippen molar-refractivity contribution < 1.29 is 9.13 Å². The monoisotopic (exact) mass is 420 g/mol. The summed E-state index contributed by atoms with van der Waals surface area (Å²) in [7, 11) is 0. The van der Waals surface area contributed by atoms with E-state index in [9.17, 15) is 4.39 Å². The van der Waals surface area contributed by atoms with Crippen molar-refractivity contribution in [3.05, 3.63) is 66.5 Å². The van der Waals surface area contributed by atoms with Gasteiger partial charge in [-0.15, -0.1) is 0 Å². The predicted octanol–water partition coefficient (Wildman–Crippen LogP) is 7.45. The van der Waals surface area contributed by atoms with E-state index >= 15 is 0 Å². The molecule has 3 rings (SSSR count). The Kier molecular flexibility index (Phi) is 9.01. The summed E-state index contributed by atoms with van der Waals surface area (Å²) in [6.45, 7) is 4.31. The average Bonchev–Trinajstić information content (AvgIpc) is 2.82. The van der Waals surface area contributed by atoms with E-state index in [1.165, 1.54) is 31.2 Å². The Balaban J connectivity index is 1.57. The van der Waals surface area contributed by atoms with Crippen molar-refractivity contribution in [2.75, 3.05) is 6.61 Å². The molecular weight excluding hydrogens is 387 g/mol. The zero-order valence-corrected chi connectivity index (χ0v) is 18.7. The van der Waals surface area contributed by atoms with Gasteiger partial charge in [0.25, 0.3) is 0 Å². The maximum Gasteiger partial charge on any atom is 0.159 e. The van der Waals surface area contributed by atoms with Gasteiger partial charge in [0, 0.05) is 23.5 Å². The molecule has 1 aromatic heterocycles. The number of benzene rings is 2. The first-order chi connectivity index (χ1) is 15.2. The summed E-state index contributed by atoms with van der Waals surface area (Å²) in [4.78, 5) is 9.10. The lowest BCUT2D eigenvalue weighted by atomic mass is 10.0. The van der Waals surface area contributed by atoms with Crippen LogP contribution >= 0.6 is 0 Å². The molecule has 2 aromatic carbocycles.